The number of benzene rings is 1. The molecule has 0 radical (unpaired) electrons. The minimum atomic E-state index is -0.735. The van der Waals surface area contributed by atoms with E-state index in [9.17, 15) is 14.7 Å². The normalized spacial score (nSPS) is 18.6. The van der Waals surface area contributed by atoms with Gasteiger partial charge in [-0.2, -0.15) is 0 Å². The number of hydrogen-bond acceptors (Lipinski definition) is 4. The fraction of sp³-hybridized carbons (Fsp3) is 0.318. The number of halogens is 1. The van der Waals surface area contributed by atoms with Crippen LogP contribution in [0.3, 0.4) is 0 Å². The first-order valence-corrected chi connectivity index (χ1v) is 10.1. The standard InChI is InChI=1S/C22H24ClN3O3/c1-3-25(4-2)13-14-26-19(15-9-11-24-12-10-15)18(21(28)22(26)29)20(27)16-5-7-17(23)8-6-16/h5-12,19,27H,3-4,13-14H2,1-2H3. The first-order chi connectivity index (χ1) is 14.0. The molecule has 2 aromatic rings. The van der Waals surface area contributed by atoms with Crippen LogP contribution in [0.4, 0.5) is 0 Å². The molecule has 1 fully saturated rings. The molecule has 0 bridgehead atoms. The van der Waals surface area contributed by atoms with Crippen molar-refractivity contribution in [2.75, 3.05) is 26.2 Å². The van der Waals surface area contributed by atoms with Crippen LogP contribution < -0.4 is 10.0 Å². The van der Waals surface area contributed by atoms with Crippen molar-refractivity contribution in [3.63, 3.8) is 0 Å². The van der Waals surface area contributed by atoms with Crippen LogP contribution >= 0.6 is 11.6 Å². The average molecular weight is 414 g/mol. The Hall–Kier alpha value is -2.70. The summed E-state index contributed by atoms with van der Waals surface area (Å²) in [5.41, 5.74) is 1.02. The van der Waals surface area contributed by atoms with Crippen LogP contribution in [0.15, 0.2) is 54.4 Å². The van der Waals surface area contributed by atoms with Gasteiger partial charge in [-0.3, -0.25) is 14.6 Å². The van der Waals surface area contributed by atoms with E-state index in [4.69, 9.17) is 11.6 Å². The van der Waals surface area contributed by atoms with E-state index in [-0.39, 0.29) is 5.57 Å². The zero-order valence-electron chi connectivity index (χ0n) is 16.5. The fourth-order valence-electron chi connectivity index (χ4n) is 3.63. The maximum atomic E-state index is 13.2. The Morgan fingerprint density at radius 2 is 1.72 bits per heavy atom. The summed E-state index contributed by atoms with van der Waals surface area (Å²) >= 11 is 5.92. The Kier molecular flexibility index (Phi) is 6.67. The number of carbonyl (C=O) groups excluding carboxylic acids is 2. The van der Waals surface area contributed by atoms with Gasteiger partial charge < -0.3 is 14.9 Å². The lowest BCUT2D eigenvalue weighted by molar-refractivity contribution is -0.895. The molecule has 1 unspecified atom stereocenters. The number of aromatic nitrogens is 1. The summed E-state index contributed by atoms with van der Waals surface area (Å²) in [4.78, 5) is 32.6. The lowest BCUT2D eigenvalue weighted by Gasteiger charge is -2.28. The highest BCUT2D eigenvalue weighted by molar-refractivity contribution is 6.46. The molecule has 0 aliphatic carbocycles. The second kappa shape index (κ2) is 9.20. The van der Waals surface area contributed by atoms with Crippen molar-refractivity contribution in [1.82, 2.24) is 9.88 Å². The van der Waals surface area contributed by atoms with Gasteiger partial charge in [0.1, 0.15) is 0 Å². The smallest absolute Gasteiger partial charge is 0.295 e. The Morgan fingerprint density at radius 1 is 1.10 bits per heavy atom. The average Bonchev–Trinajstić information content (AvgIpc) is 3.00. The minimum Gasteiger partial charge on any atom is -0.872 e. The zero-order valence-corrected chi connectivity index (χ0v) is 17.3. The predicted molar refractivity (Wildman–Crippen MR) is 109 cm³/mol. The molecular weight excluding hydrogens is 390 g/mol. The van der Waals surface area contributed by atoms with Gasteiger partial charge in [0, 0.05) is 23.0 Å². The second-order valence-corrected chi connectivity index (χ2v) is 7.40. The van der Waals surface area contributed by atoms with Gasteiger partial charge in [-0.1, -0.05) is 29.5 Å². The van der Waals surface area contributed by atoms with E-state index in [1.807, 2.05) is 0 Å². The minimum absolute atomic E-state index is 0.0157. The number of quaternary nitrogens is 1. The van der Waals surface area contributed by atoms with Crippen molar-refractivity contribution < 1.29 is 19.6 Å². The molecule has 1 aromatic carbocycles. The van der Waals surface area contributed by atoms with Crippen LogP contribution in [0.5, 0.6) is 0 Å². The van der Waals surface area contributed by atoms with Gasteiger partial charge in [-0.05, 0) is 49.2 Å². The van der Waals surface area contributed by atoms with Crippen molar-refractivity contribution in [3.8, 4) is 0 Å². The molecule has 29 heavy (non-hydrogen) atoms. The van der Waals surface area contributed by atoms with E-state index in [1.54, 1.807) is 48.8 Å². The second-order valence-electron chi connectivity index (χ2n) is 6.97. The molecule has 1 N–H and O–H groups in total. The number of pyridine rings is 1. The molecule has 1 aliphatic rings. The third kappa shape index (κ3) is 4.33. The number of ketones is 1. The zero-order chi connectivity index (χ0) is 21.0. The van der Waals surface area contributed by atoms with Gasteiger partial charge in [0.25, 0.3) is 5.91 Å². The molecule has 2 heterocycles. The molecule has 1 saturated heterocycles. The molecule has 7 heteroatoms. The topological polar surface area (TPSA) is 77.8 Å². The van der Waals surface area contributed by atoms with Crippen LogP contribution in [-0.2, 0) is 9.59 Å². The number of nitrogens with one attached hydrogen (secondary N) is 1. The van der Waals surface area contributed by atoms with Crippen molar-refractivity contribution >= 4 is 29.1 Å². The number of likely N-dealkylation sites (N-methyl/N-ethyl adjacent to an activating group) is 1. The van der Waals surface area contributed by atoms with Crippen LogP contribution in [-0.4, -0.2) is 47.8 Å². The number of nitrogens with zero attached hydrogens (tertiary/aromatic N) is 2. The highest BCUT2D eigenvalue weighted by Gasteiger charge is 2.44. The van der Waals surface area contributed by atoms with E-state index in [2.05, 4.69) is 18.8 Å². The number of carbonyl (C=O) groups is 2. The highest BCUT2D eigenvalue weighted by atomic mass is 35.5. The lowest BCUT2D eigenvalue weighted by atomic mass is 9.96. The molecule has 1 aliphatic heterocycles. The fourth-order valence-corrected chi connectivity index (χ4v) is 3.76. The van der Waals surface area contributed by atoms with Gasteiger partial charge in [-0.15, -0.1) is 0 Å². The summed E-state index contributed by atoms with van der Waals surface area (Å²) in [7, 11) is 0. The van der Waals surface area contributed by atoms with E-state index >= 15 is 0 Å². The van der Waals surface area contributed by atoms with Crippen molar-refractivity contribution in [3.05, 3.63) is 70.5 Å². The van der Waals surface area contributed by atoms with Gasteiger partial charge >= 0.3 is 0 Å². The Labute approximate surface area is 175 Å². The molecule has 1 aromatic heterocycles. The maximum Gasteiger partial charge on any atom is 0.295 e. The molecule has 1 amide bonds. The summed E-state index contributed by atoms with van der Waals surface area (Å²) in [6.45, 7) is 7.11. The van der Waals surface area contributed by atoms with Crippen LogP contribution in [0.1, 0.15) is 31.0 Å². The number of Topliss-reactive ketones (excluding diaryl/α,β-unsaturated/α-hetero) is 1. The molecule has 1 atom stereocenters. The summed E-state index contributed by atoms with van der Waals surface area (Å²) in [6.07, 6.45) is 3.20. The van der Waals surface area contributed by atoms with Gasteiger partial charge in [0.2, 0.25) is 5.78 Å². The molecule has 6 nitrogen and oxygen atoms in total. The Morgan fingerprint density at radius 3 is 2.31 bits per heavy atom. The summed E-state index contributed by atoms with van der Waals surface area (Å²) in [5, 5.41) is 13.7. The van der Waals surface area contributed by atoms with E-state index in [1.165, 1.54) is 9.80 Å². The van der Waals surface area contributed by atoms with Gasteiger partial charge in [-0.25, -0.2) is 0 Å². The van der Waals surface area contributed by atoms with Gasteiger partial charge in [0.05, 0.1) is 32.2 Å². The van der Waals surface area contributed by atoms with Crippen LogP contribution in [0.25, 0.3) is 5.76 Å². The SMILES string of the molecule is CC[NH+](CC)CCN1C(=O)C(=O)C(=C([O-])c2ccc(Cl)cc2)C1c1ccncc1. The van der Waals surface area contributed by atoms with E-state index in [0.717, 1.165) is 13.1 Å². The highest BCUT2D eigenvalue weighted by Crippen LogP contribution is 2.38. The lowest BCUT2D eigenvalue weighted by Crippen LogP contribution is -3.12. The third-order valence-corrected chi connectivity index (χ3v) is 5.62. The summed E-state index contributed by atoms with van der Waals surface area (Å²) < 4.78 is 0. The van der Waals surface area contributed by atoms with Crippen LogP contribution in [0.2, 0.25) is 5.02 Å². The summed E-state index contributed by atoms with van der Waals surface area (Å²) in [6, 6.07) is 9.10. The van der Waals surface area contributed by atoms with E-state index < -0.39 is 23.5 Å². The first-order valence-electron chi connectivity index (χ1n) is 9.73. The van der Waals surface area contributed by atoms with Crippen molar-refractivity contribution in [2.24, 2.45) is 0 Å². The maximum absolute atomic E-state index is 13.2. The van der Waals surface area contributed by atoms with E-state index in [0.29, 0.717) is 29.2 Å². The number of rotatable bonds is 7. The van der Waals surface area contributed by atoms with Crippen molar-refractivity contribution in [2.45, 2.75) is 19.9 Å². The number of likely N-dealkylation sites (tertiary alicyclic amines) is 1. The van der Waals surface area contributed by atoms with Gasteiger partial charge in [0.15, 0.2) is 0 Å². The summed E-state index contributed by atoms with van der Waals surface area (Å²) in [5.74, 6) is -1.81. The molecule has 0 saturated carbocycles. The van der Waals surface area contributed by atoms with Crippen LogP contribution in [0, 0.1) is 0 Å². The quantitative estimate of drug-likeness (QED) is 0.415. The predicted octanol–water partition coefficient (Wildman–Crippen LogP) is 0.884. The Bertz CT molecular complexity index is 909. The molecule has 152 valence electrons. The number of amides is 1. The number of hydrogen-bond donors (Lipinski definition) is 1. The molecule has 3 rings (SSSR count). The molecule has 0 spiro atoms. The largest absolute Gasteiger partial charge is 0.872 e. The monoisotopic (exact) mass is 413 g/mol. The third-order valence-electron chi connectivity index (χ3n) is 5.36. The molecular formula is C22H24ClN3O3. The Balaban J connectivity index is 2.06. The first kappa shape index (κ1) is 21.0. The van der Waals surface area contributed by atoms with Crippen molar-refractivity contribution in [1.29, 1.82) is 0 Å².